The molecule has 1 aromatic rings. The van der Waals surface area contributed by atoms with Gasteiger partial charge in [-0.05, 0) is 29.5 Å². The SMILES string of the molecule is CCC(C(=O)NC(C(N)=O)C(C)(C)C)c1ccc(OC)cc1. The van der Waals surface area contributed by atoms with Crippen molar-refractivity contribution < 1.29 is 14.3 Å². The number of carbonyl (C=O) groups is 2. The Morgan fingerprint density at radius 3 is 2.14 bits per heavy atom. The number of carbonyl (C=O) groups excluding carboxylic acids is 2. The summed E-state index contributed by atoms with van der Waals surface area (Å²) < 4.78 is 5.12. The zero-order chi connectivity index (χ0) is 16.9. The topological polar surface area (TPSA) is 81.4 Å². The molecule has 2 atom stereocenters. The van der Waals surface area contributed by atoms with E-state index in [0.717, 1.165) is 11.3 Å². The zero-order valence-electron chi connectivity index (χ0n) is 14.0. The third kappa shape index (κ3) is 4.48. The molecule has 5 heteroatoms. The Kier molecular flexibility index (Phi) is 5.97. The lowest BCUT2D eigenvalue weighted by Gasteiger charge is -2.30. The van der Waals surface area contributed by atoms with E-state index >= 15 is 0 Å². The quantitative estimate of drug-likeness (QED) is 0.845. The minimum Gasteiger partial charge on any atom is -0.497 e. The van der Waals surface area contributed by atoms with E-state index in [-0.39, 0.29) is 11.8 Å². The number of primary amides is 1. The summed E-state index contributed by atoms with van der Waals surface area (Å²) in [6, 6.07) is 6.67. The van der Waals surface area contributed by atoms with E-state index in [1.54, 1.807) is 7.11 Å². The van der Waals surface area contributed by atoms with Gasteiger partial charge in [0.25, 0.3) is 0 Å². The second-order valence-corrected chi connectivity index (χ2v) is 6.44. The minimum atomic E-state index is -0.702. The van der Waals surface area contributed by atoms with Gasteiger partial charge < -0.3 is 15.8 Å². The predicted octanol–water partition coefficient (Wildman–Crippen LogP) is 2.21. The van der Waals surface area contributed by atoms with Crippen LogP contribution in [-0.4, -0.2) is 25.0 Å². The smallest absolute Gasteiger partial charge is 0.240 e. The highest BCUT2D eigenvalue weighted by Gasteiger charge is 2.33. The van der Waals surface area contributed by atoms with Crippen LogP contribution in [0.3, 0.4) is 0 Å². The van der Waals surface area contributed by atoms with Gasteiger partial charge in [0.15, 0.2) is 0 Å². The van der Waals surface area contributed by atoms with Gasteiger partial charge in [-0.1, -0.05) is 39.8 Å². The molecular weight excluding hydrogens is 280 g/mol. The summed E-state index contributed by atoms with van der Waals surface area (Å²) in [5, 5.41) is 2.79. The van der Waals surface area contributed by atoms with Crippen molar-refractivity contribution in [3.05, 3.63) is 29.8 Å². The third-order valence-electron chi connectivity index (χ3n) is 3.68. The summed E-state index contributed by atoms with van der Waals surface area (Å²) in [7, 11) is 1.60. The molecule has 22 heavy (non-hydrogen) atoms. The summed E-state index contributed by atoms with van der Waals surface area (Å²) in [6.07, 6.45) is 0.633. The fraction of sp³-hybridized carbons (Fsp3) is 0.529. The van der Waals surface area contributed by atoms with Crippen molar-refractivity contribution in [2.24, 2.45) is 11.1 Å². The lowest BCUT2D eigenvalue weighted by molar-refractivity contribution is -0.130. The van der Waals surface area contributed by atoms with Gasteiger partial charge in [0.2, 0.25) is 11.8 Å². The van der Waals surface area contributed by atoms with Crippen molar-refractivity contribution in [2.75, 3.05) is 7.11 Å². The maximum atomic E-state index is 12.5. The van der Waals surface area contributed by atoms with Gasteiger partial charge in [-0.25, -0.2) is 0 Å². The molecular formula is C17H26N2O3. The lowest BCUT2D eigenvalue weighted by Crippen LogP contribution is -2.53. The molecule has 2 amide bonds. The van der Waals surface area contributed by atoms with Crippen molar-refractivity contribution in [3.63, 3.8) is 0 Å². The zero-order valence-corrected chi connectivity index (χ0v) is 14.0. The lowest BCUT2D eigenvalue weighted by atomic mass is 9.85. The molecule has 0 aromatic heterocycles. The first kappa shape index (κ1) is 18.0. The molecule has 3 N–H and O–H groups in total. The molecule has 0 heterocycles. The number of hydrogen-bond acceptors (Lipinski definition) is 3. The van der Waals surface area contributed by atoms with Gasteiger partial charge in [0.05, 0.1) is 13.0 Å². The molecule has 122 valence electrons. The maximum Gasteiger partial charge on any atom is 0.240 e. The number of amides is 2. The molecule has 0 aliphatic carbocycles. The molecule has 0 saturated heterocycles. The molecule has 1 aromatic carbocycles. The first-order valence-electron chi connectivity index (χ1n) is 7.44. The number of hydrogen-bond donors (Lipinski definition) is 2. The van der Waals surface area contributed by atoms with Crippen LogP contribution in [0.5, 0.6) is 5.75 Å². The van der Waals surface area contributed by atoms with Crippen LogP contribution in [0.1, 0.15) is 45.6 Å². The van der Waals surface area contributed by atoms with Gasteiger partial charge in [-0.3, -0.25) is 9.59 Å². The monoisotopic (exact) mass is 306 g/mol. The Bertz CT molecular complexity index is 518. The largest absolute Gasteiger partial charge is 0.497 e. The highest BCUT2D eigenvalue weighted by Crippen LogP contribution is 2.25. The average Bonchev–Trinajstić information content (AvgIpc) is 2.44. The van der Waals surface area contributed by atoms with Crippen LogP contribution < -0.4 is 15.8 Å². The fourth-order valence-electron chi connectivity index (χ4n) is 2.37. The van der Waals surface area contributed by atoms with E-state index in [4.69, 9.17) is 10.5 Å². The molecule has 5 nitrogen and oxygen atoms in total. The Hall–Kier alpha value is -2.04. The third-order valence-corrected chi connectivity index (χ3v) is 3.68. The van der Waals surface area contributed by atoms with Crippen LogP contribution in [0.2, 0.25) is 0 Å². The molecule has 0 radical (unpaired) electrons. The summed E-state index contributed by atoms with van der Waals surface area (Å²) in [4.78, 5) is 24.1. The van der Waals surface area contributed by atoms with E-state index in [1.807, 2.05) is 52.0 Å². The number of nitrogens with one attached hydrogen (secondary N) is 1. The van der Waals surface area contributed by atoms with Gasteiger partial charge in [0, 0.05) is 0 Å². The van der Waals surface area contributed by atoms with Crippen LogP contribution in [0.4, 0.5) is 0 Å². The predicted molar refractivity (Wildman–Crippen MR) is 86.6 cm³/mol. The van der Waals surface area contributed by atoms with Gasteiger partial charge in [-0.2, -0.15) is 0 Å². The van der Waals surface area contributed by atoms with Gasteiger partial charge in [0.1, 0.15) is 11.8 Å². The molecule has 0 saturated carbocycles. The standard InChI is InChI=1S/C17H26N2O3/c1-6-13(11-7-9-12(22-5)10-8-11)16(21)19-14(15(18)20)17(2,3)4/h7-10,13-14H,6H2,1-5H3,(H2,18,20)(H,19,21). The number of rotatable bonds is 6. The Labute approximate surface area is 132 Å². The summed E-state index contributed by atoms with van der Waals surface area (Å²) in [5.74, 6) is -0.296. The normalized spacial score (nSPS) is 14.0. The highest BCUT2D eigenvalue weighted by atomic mass is 16.5. The van der Waals surface area contributed by atoms with E-state index in [1.165, 1.54) is 0 Å². The molecule has 0 aliphatic heterocycles. The molecule has 0 bridgehead atoms. The number of methoxy groups -OCH3 is 1. The molecule has 1 rings (SSSR count). The maximum absolute atomic E-state index is 12.5. The van der Waals surface area contributed by atoms with E-state index in [9.17, 15) is 9.59 Å². The Morgan fingerprint density at radius 1 is 1.23 bits per heavy atom. The first-order valence-corrected chi connectivity index (χ1v) is 7.44. The van der Waals surface area contributed by atoms with Crippen molar-refractivity contribution >= 4 is 11.8 Å². The number of nitrogens with two attached hydrogens (primary N) is 1. The van der Waals surface area contributed by atoms with E-state index in [0.29, 0.717) is 6.42 Å². The molecule has 0 aliphatic rings. The Balaban J connectivity index is 2.93. The Morgan fingerprint density at radius 2 is 1.77 bits per heavy atom. The van der Waals surface area contributed by atoms with Crippen molar-refractivity contribution in [1.82, 2.24) is 5.32 Å². The van der Waals surface area contributed by atoms with Gasteiger partial charge >= 0.3 is 0 Å². The molecule has 0 spiro atoms. The second kappa shape index (κ2) is 7.29. The van der Waals surface area contributed by atoms with E-state index in [2.05, 4.69) is 5.32 Å². The number of ether oxygens (including phenoxy) is 1. The van der Waals surface area contributed by atoms with Crippen LogP contribution in [-0.2, 0) is 9.59 Å². The van der Waals surface area contributed by atoms with Crippen LogP contribution in [0, 0.1) is 5.41 Å². The van der Waals surface area contributed by atoms with E-state index < -0.39 is 17.4 Å². The highest BCUT2D eigenvalue weighted by molar-refractivity contribution is 5.90. The van der Waals surface area contributed by atoms with Crippen molar-refractivity contribution in [1.29, 1.82) is 0 Å². The summed E-state index contributed by atoms with van der Waals surface area (Å²) in [5.41, 5.74) is 5.88. The molecule has 0 fully saturated rings. The van der Waals surface area contributed by atoms with Crippen LogP contribution in [0.15, 0.2) is 24.3 Å². The minimum absolute atomic E-state index is 0.189. The van der Waals surface area contributed by atoms with Gasteiger partial charge in [-0.15, -0.1) is 0 Å². The second-order valence-electron chi connectivity index (χ2n) is 6.44. The van der Waals surface area contributed by atoms with Crippen LogP contribution in [0.25, 0.3) is 0 Å². The first-order chi connectivity index (χ1) is 10.2. The number of benzene rings is 1. The molecule has 2 unspecified atom stereocenters. The van der Waals surface area contributed by atoms with Crippen molar-refractivity contribution in [3.8, 4) is 5.75 Å². The fourth-order valence-corrected chi connectivity index (χ4v) is 2.37. The average molecular weight is 306 g/mol. The van der Waals surface area contributed by atoms with Crippen molar-refractivity contribution in [2.45, 2.75) is 46.1 Å². The summed E-state index contributed by atoms with van der Waals surface area (Å²) >= 11 is 0. The van der Waals surface area contributed by atoms with Crippen LogP contribution >= 0.6 is 0 Å². The summed E-state index contributed by atoms with van der Waals surface area (Å²) in [6.45, 7) is 7.55.